The topological polar surface area (TPSA) is 78.0 Å². The smallest absolute Gasteiger partial charge is 0.227 e. The van der Waals surface area contributed by atoms with Crippen LogP contribution >= 0.6 is 23.1 Å². The number of nitrogens with zero attached hydrogens (tertiary/aromatic N) is 2. The lowest BCUT2D eigenvalue weighted by atomic mass is 10.2. The van der Waals surface area contributed by atoms with Gasteiger partial charge in [0.1, 0.15) is 10.3 Å². The zero-order valence-corrected chi connectivity index (χ0v) is 14.0. The standard InChI is InChI=1S/C15H17N3O2S2/c1-8(2)6-18-14-12(17-15(18)21-7-11(16)19)13(20)9-4-3-5-10(9)22-14/h1,3-7H2,2H3,(H2,16,19). The number of hydrogen-bond acceptors (Lipinski definition) is 5. The summed E-state index contributed by atoms with van der Waals surface area (Å²) in [7, 11) is 0. The van der Waals surface area contributed by atoms with Crippen LogP contribution in [0.1, 0.15) is 23.8 Å². The molecule has 0 saturated heterocycles. The lowest BCUT2D eigenvalue weighted by Crippen LogP contribution is -2.13. The second-order valence-electron chi connectivity index (χ2n) is 5.53. The largest absolute Gasteiger partial charge is 0.369 e. The fourth-order valence-electron chi connectivity index (χ4n) is 2.65. The molecular formula is C15H17N3O2S2. The summed E-state index contributed by atoms with van der Waals surface area (Å²) in [4.78, 5) is 30.2. The van der Waals surface area contributed by atoms with Gasteiger partial charge in [-0.1, -0.05) is 23.9 Å². The average molecular weight is 335 g/mol. The van der Waals surface area contributed by atoms with Crippen LogP contribution in [-0.2, 0) is 24.2 Å². The first-order chi connectivity index (χ1) is 10.5. The number of hydrogen-bond donors (Lipinski definition) is 1. The number of fused-ring (bicyclic) bond motifs is 2. The molecule has 0 atom stereocenters. The molecule has 1 aliphatic carbocycles. The van der Waals surface area contributed by atoms with E-state index in [1.807, 2.05) is 11.5 Å². The zero-order chi connectivity index (χ0) is 15.9. The lowest BCUT2D eigenvalue weighted by Gasteiger charge is -2.08. The highest BCUT2D eigenvalue weighted by molar-refractivity contribution is 7.99. The SMILES string of the molecule is C=C(C)Cn1c(SCC(N)=O)nc2c(=O)c3c(sc21)CCC3. The first-order valence-electron chi connectivity index (χ1n) is 7.08. The van der Waals surface area contributed by atoms with Gasteiger partial charge >= 0.3 is 0 Å². The minimum Gasteiger partial charge on any atom is -0.369 e. The summed E-state index contributed by atoms with van der Waals surface area (Å²) in [5, 5.41) is 0.661. The summed E-state index contributed by atoms with van der Waals surface area (Å²) in [6.45, 7) is 6.47. The van der Waals surface area contributed by atoms with Gasteiger partial charge in [-0.3, -0.25) is 9.59 Å². The molecule has 0 aromatic carbocycles. The van der Waals surface area contributed by atoms with Crippen LogP contribution in [0.25, 0.3) is 10.3 Å². The number of carbonyl (C=O) groups is 1. The highest BCUT2D eigenvalue weighted by Gasteiger charge is 2.22. The molecule has 0 saturated carbocycles. The van der Waals surface area contributed by atoms with Gasteiger partial charge in [-0.2, -0.15) is 0 Å². The van der Waals surface area contributed by atoms with Gasteiger partial charge in [-0.05, 0) is 26.2 Å². The van der Waals surface area contributed by atoms with Crippen molar-refractivity contribution in [3.63, 3.8) is 0 Å². The van der Waals surface area contributed by atoms with Crippen molar-refractivity contribution in [2.45, 2.75) is 37.9 Å². The van der Waals surface area contributed by atoms with Crippen molar-refractivity contribution in [3.8, 4) is 0 Å². The Bertz CT molecular complexity index is 835. The van der Waals surface area contributed by atoms with Gasteiger partial charge in [0.25, 0.3) is 0 Å². The molecule has 2 heterocycles. The first-order valence-corrected chi connectivity index (χ1v) is 8.88. The fraction of sp³-hybridized carbons (Fsp3) is 0.400. The molecule has 0 fully saturated rings. The maximum absolute atomic E-state index is 12.6. The van der Waals surface area contributed by atoms with Gasteiger partial charge in [0.05, 0.1) is 5.75 Å². The van der Waals surface area contributed by atoms with Gasteiger partial charge in [0.2, 0.25) is 11.3 Å². The van der Waals surface area contributed by atoms with E-state index in [0.29, 0.717) is 17.2 Å². The Morgan fingerprint density at radius 2 is 2.27 bits per heavy atom. The molecule has 1 aliphatic rings. The average Bonchev–Trinajstić information content (AvgIpc) is 3.03. The molecule has 116 valence electrons. The number of amides is 1. The number of thioether (sulfide) groups is 1. The second-order valence-corrected chi connectivity index (χ2v) is 7.56. The Balaban J connectivity index is 2.18. The maximum atomic E-state index is 12.6. The summed E-state index contributed by atoms with van der Waals surface area (Å²) >= 11 is 2.92. The summed E-state index contributed by atoms with van der Waals surface area (Å²) in [6, 6.07) is 0. The number of nitrogens with two attached hydrogens (primary N) is 1. The lowest BCUT2D eigenvalue weighted by molar-refractivity contribution is -0.115. The summed E-state index contributed by atoms with van der Waals surface area (Å²) < 4.78 is 1.98. The fourth-order valence-corrected chi connectivity index (χ4v) is 4.74. The van der Waals surface area contributed by atoms with Crippen molar-refractivity contribution in [2.75, 3.05) is 5.75 Å². The highest BCUT2D eigenvalue weighted by Crippen LogP contribution is 2.32. The highest BCUT2D eigenvalue weighted by atomic mass is 32.2. The van der Waals surface area contributed by atoms with Gasteiger partial charge in [0.15, 0.2) is 5.16 Å². The molecule has 3 rings (SSSR count). The molecule has 2 aromatic heterocycles. The van der Waals surface area contributed by atoms with Gasteiger partial charge in [-0.25, -0.2) is 4.98 Å². The van der Waals surface area contributed by atoms with E-state index >= 15 is 0 Å². The Kier molecular flexibility index (Phi) is 4.10. The maximum Gasteiger partial charge on any atom is 0.227 e. The third-order valence-corrected chi connectivity index (χ3v) is 5.84. The Morgan fingerprint density at radius 3 is 2.95 bits per heavy atom. The second kappa shape index (κ2) is 5.89. The molecule has 0 bridgehead atoms. The van der Waals surface area contributed by atoms with Crippen LogP contribution in [0.4, 0.5) is 0 Å². The van der Waals surface area contributed by atoms with Crippen molar-refractivity contribution < 1.29 is 4.79 Å². The quantitative estimate of drug-likeness (QED) is 0.670. The number of rotatable bonds is 5. The predicted octanol–water partition coefficient (Wildman–Crippen LogP) is 2.10. The predicted molar refractivity (Wildman–Crippen MR) is 90.6 cm³/mol. The van der Waals surface area contributed by atoms with Gasteiger partial charge in [-0.15, -0.1) is 11.3 Å². The van der Waals surface area contributed by atoms with E-state index in [9.17, 15) is 9.59 Å². The molecule has 0 radical (unpaired) electrons. The van der Waals surface area contributed by atoms with Crippen molar-refractivity contribution in [1.82, 2.24) is 9.55 Å². The van der Waals surface area contributed by atoms with E-state index in [2.05, 4.69) is 11.6 Å². The van der Waals surface area contributed by atoms with Crippen LogP contribution < -0.4 is 11.2 Å². The normalized spacial score (nSPS) is 13.5. The summed E-state index contributed by atoms with van der Waals surface area (Å²) in [6.07, 6.45) is 2.85. The van der Waals surface area contributed by atoms with Gasteiger partial charge < -0.3 is 10.3 Å². The zero-order valence-electron chi connectivity index (χ0n) is 12.3. The molecule has 7 heteroatoms. The van der Waals surface area contributed by atoms with E-state index in [1.165, 1.54) is 16.6 Å². The summed E-state index contributed by atoms with van der Waals surface area (Å²) in [5.41, 5.74) is 7.67. The van der Waals surface area contributed by atoms with Crippen LogP contribution in [0.5, 0.6) is 0 Å². The molecule has 0 unspecified atom stereocenters. The van der Waals surface area contributed by atoms with Crippen LogP contribution in [0.15, 0.2) is 22.1 Å². The van der Waals surface area contributed by atoms with Crippen LogP contribution in [-0.4, -0.2) is 21.2 Å². The molecule has 2 N–H and O–H groups in total. The Labute approximate surface area is 136 Å². The molecule has 1 amide bonds. The Hall–Kier alpha value is -1.60. The minimum absolute atomic E-state index is 0.0441. The van der Waals surface area contributed by atoms with E-state index in [1.54, 1.807) is 11.3 Å². The number of imidazole rings is 1. The molecule has 0 aliphatic heterocycles. The monoisotopic (exact) mass is 335 g/mol. The van der Waals surface area contributed by atoms with Crippen molar-refractivity contribution in [3.05, 3.63) is 32.8 Å². The molecular weight excluding hydrogens is 318 g/mol. The van der Waals surface area contributed by atoms with E-state index < -0.39 is 5.91 Å². The van der Waals surface area contributed by atoms with Crippen molar-refractivity contribution in [1.29, 1.82) is 0 Å². The van der Waals surface area contributed by atoms with Gasteiger partial charge in [0, 0.05) is 17.0 Å². The molecule has 5 nitrogen and oxygen atoms in total. The number of aryl methyl sites for hydroxylation is 1. The van der Waals surface area contributed by atoms with E-state index in [4.69, 9.17) is 5.73 Å². The van der Waals surface area contributed by atoms with Crippen molar-refractivity contribution in [2.24, 2.45) is 5.73 Å². The van der Waals surface area contributed by atoms with E-state index in [-0.39, 0.29) is 11.2 Å². The van der Waals surface area contributed by atoms with Crippen LogP contribution in [0.3, 0.4) is 0 Å². The van der Waals surface area contributed by atoms with Crippen molar-refractivity contribution >= 4 is 39.4 Å². The molecule has 0 spiro atoms. The van der Waals surface area contributed by atoms with Crippen LogP contribution in [0.2, 0.25) is 0 Å². The minimum atomic E-state index is -0.396. The molecule has 2 aromatic rings. The summed E-state index contributed by atoms with van der Waals surface area (Å²) in [5.74, 6) is -0.245. The third kappa shape index (κ3) is 2.70. The third-order valence-electron chi connectivity index (χ3n) is 3.53. The molecule has 22 heavy (non-hydrogen) atoms. The first kappa shape index (κ1) is 15.3. The van der Waals surface area contributed by atoms with Crippen LogP contribution in [0, 0.1) is 0 Å². The Morgan fingerprint density at radius 1 is 1.50 bits per heavy atom. The number of allylic oxidation sites excluding steroid dienone is 1. The number of primary amides is 1. The number of carbonyl (C=O) groups excluding carboxylic acids is 1. The van der Waals surface area contributed by atoms with E-state index in [0.717, 1.165) is 35.2 Å². The number of aromatic nitrogens is 2.